The second-order valence-corrected chi connectivity index (χ2v) is 9.62. The summed E-state index contributed by atoms with van der Waals surface area (Å²) in [7, 11) is -5.23. The monoisotopic (exact) mass is 528 g/mol. The Hall–Kier alpha value is -0.300. The van der Waals surface area contributed by atoms with Gasteiger partial charge in [-0.15, -0.1) is 24.0 Å². The van der Waals surface area contributed by atoms with Crippen LogP contribution in [0, 0.1) is 5.41 Å². The van der Waals surface area contributed by atoms with Crippen molar-refractivity contribution in [3.8, 4) is 0 Å². The third-order valence-corrected chi connectivity index (χ3v) is 5.76. The van der Waals surface area contributed by atoms with E-state index in [0.717, 1.165) is 12.8 Å². The van der Waals surface area contributed by atoms with Gasteiger partial charge in [0.2, 0.25) is 0 Å². The zero-order chi connectivity index (χ0) is 20.0. The minimum Gasteiger partial charge on any atom is -0.357 e. The van der Waals surface area contributed by atoms with Crippen molar-refractivity contribution in [3.63, 3.8) is 0 Å². The lowest BCUT2D eigenvalue weighted by Gasteiger charge is -2.32. The summed E-state index contributed by atoms with van der Waals surface area (Å²) in [6.45, 7) is 9.48. The van der Waals surface area contributed by atoms with E-state index < -0.39 is 15.5 Å². The number of nitrogens with zero attached hydrogens (tertiary/aromatic N) is 2. The van der Waals surface area contributed by atoms with Gasteiger partial charge >= 0.3 is 15.5 Å². The van der Waals surface area contributed by atoms with Crippen molar-refractivity contribution in [3.05, 3.63) is 0 Å². The highest BCUT2D eigenvalue weighted by Gasteiger charge is 2.50. The number of aliphatic imine (C=N–C) groups is 1. The first-order valence-electron chi connectivity index (χ1n) is 8.98. The molecule has 0 atom stereocenters. The van der Waals surface area contributed by atoms with Crippen molar-refractivity contribution in [1.29, 1.82) is 0 Å². The summed E-state index contributed by atoms with van der Waals surface area (Å²) in [5, 5.41) is 6.32. The van der Waals surface area contributed by atoms with Gasteiger partial charge in [0, 0.05) is 32.2 Å². The molecule has 0 aromatic carbocycles. The predicted molar refractivity (Wildman–Crippen MR) is 113 cm³/mol. The molecule has 0 aromatic heterocycles. The van der Waals surface area contributed by atoms with Crippen LogP contribution in [0.25, 0.3) is 0 Å². The molecule has 0 aliphatic carbocycles. The maximum absolute atomic E-state index is 12.6. The fourth-order valence-corrected chi connectivity index (χ4v) is 3.68. The molecule has 1 saturated heterocycles. The molecular weight excluding hydrogens is 496 g/mol. The van der Waals surface area contributed by atoms with Gasteiger partial charge in [-0.1, -0.05) is 20.8 Å². The number of sulfonamides is 1. The van der Waals surface area contributed by atoms with E-state index in [-0.39, 0.29) is 48.5 Å². The Labute approximate surface area is 177 Å². The zero-order valence-corrected chi connectivity index (χ0v) is 19.5. The minimum absolute atomic E-state index is 0. The number of hydrogen-bond acceptors (Lipinski definition) is 3. The molecule has 1 rings (SSSR count). The Morgan fingerprint density at radius 1 is 1.19 bits per heavy atom. The first kappa shape index (κ1) is 26.7. The maximum Gasteiger partial charge on any atom is 0.511 e. The molecule has 0 radical (unpaired) electrons. The van der Waals surface area contributed by atoms with E-state index in [1.165, 1.54) is 0 Å². The van der Waals surface area contributed by atoms with Crippen LogP contribution in [0.2, 0.25) is 0 Å². The third kappa shape index (κ3) is 9.16. The van der Waals surface area contributed by atoms with E-state index in [9.17, 15) is 21.6 Å². The average molecular weight is 528 g/mol. The second kappa shape index (κ2) is 11.0. The van der Waals surface area contributed by atoms with Crippen molar-refractivity contribution < 1.29 is 21.6 Å². The van der Waals surface area contributed by atoms with E-state index in [1.807, 2.05) is 6.92 Å². The number of hydrogen-bond donors (Lipinski definition) is 2. The van der Waals surface area contributed by atoms with E-state index in [4.69, 9.17) is 0 Å². The molecule has 27 heavy (non-hydrogen) atoms. The standard InChI is InChI=1S/C16H31F3N4O2S.HI/c1-5-20-14(21-10-6-9-15(2,3)4)22-13-7-11-23(12-8-13)26(24,25)16(17,18)19;/h13H,5-12H2,1-4H3,(H2,20,21,22);1H. The van der Waals surface area contributed by atoms with Crippen LogP contribution >= 0.6 is 24.0 Å². The summed E-state index contributed by atoms with van der Waals surface area (Å²) in [5.74, 6) is 0.624. The van der Waals surface area contributed by atoms with Gasteiger partial charge in [0.15, 0.2) is 5.96 Å². The SMILES string of the molecule is CCNC(=NCCCC(C)(C)C)NC1CCN(S(=O)(=O)C(F)(F)F)CC1.I. The lowest BCUT2D eigenvalue weighted by atomic mass is 9.91. The Balaban J connectivity index is 0.00000676. The molecule has 0 aromatic rings. The Kier molecular flexibility index (Phi) is 10.9. The first-order chi connectivity index (χ1) is 11.9. The summed E-state index contributed by atoms with van der Waals surface area (Å²) in [6.07, 6.45) is 2.61. The number of guanidine groups is 1. The fourth-order valence-electron chi connectivity index (χ4n) is 2.70. The normalized spacial score (nSPS) is 18.1. The van der Waals surface area contributed by atoms with Crippen LogP contribution in [-0.4, -0.2) is 56.4 Å². The van der Waals surface area contributed by atoms with Crippen LogP contribution in [-0.2, 0) is 10.0 Å². The van der Waals surface area contributed by atoms with E-state index in [1.54, 1.807) is 0 Å². The first-order valence-corrected chi connectivity index (χ1v) is 10.4. The van der Waals surface area contributed by atoms with Gasteiger partial charge < -0.3 is 10.6 Å². The molecule has 162 valence electrons. The quantitative estimate of drug-likeness (QED) is 0.240. The fraction of sp³-hybridized carbons (Fsp3) is 0.938. The predicted octanol–water partition coefficient (Wildman–Crippen LogP) is 3.30. The van der Waals surface area contributed by atoms with E-state index in [0.29, 0.717) is 36.2 Å². The molecule has 0 bridgehead atoms. The van der Waals surface area contributed by atoms with Crippen molar-refractivity contribution >= 4 is 40.0 Å². The van der Waals surface area contributed by atoms with Crippen LogP contribution < -0.4 is 10.6 Å². The molecule has 0 amide bonds. The summed E-state index contributed by atoms with van der Waals surface area (Å²) in [4.78, 5) is 4.50. The van der Waals surface area contributed by atoms with Gasteiger partial charge in [-0.3, -0.25) is 4.99 Å². The molecule has 0 saturated carbocycles. The number of rotatable bonds is 6. The van der Waals surface area contributed by atoms with Crippen LogP contribution in [0.1, 0.15) is 53.4 Å². The lowest BCUT2D eigenvalue weighted by molar-refractivity contribution is -0.0494. The van der Waals surface area contributed by atoms with Gasteiger partial charge in [-0.25, -0.2) is 8.42 Å². The molecule has 2 N–H and O–H groups in total. The van der Waals surface area contributed by atoms with Crippen LogP contribution in [0.15, 0.2) is 4.99 Å². The summed E-state index contributed by atoms with van der Waals surface area (Å²) < 4.78 is 61.2. The van der Waals surface area contributed by atoms with Crippen LogP contribution in [0.5, 0.6) is 0 Å². The van der Waals surface area contributed by atoms with E-state index in [2.05, 4.69) is 36.4 Å². The zero-order valence-electron chi connectivity index (χ0n) is 16.4. The second-order valence-electron chi connectivity index (χ2n) is 7.69. The van der Waals surface area contributed by atoms with Crippen LogP contribution in [0.4, 0.5) is 13.2 Å². The largest absolute Gasteiger partial charge is 0.511 e. The van der Waals surface area contributed by atoms with Crippen molar-refractivity contribution in [2.75, 3.05) is 26.2 Å². The Morgan fingerprint density at radius 2 is 1.74 bits per heavy atom. The molecule has 1 aliphatic rings. The number of piperidine rings is 1. The number of alkyl halides is 3. The van der Waals surface area contributed by atoms with Gasteiger partial charge in [0.05, 0.1) is 0 Å². The third-order valence-electron chi connectivity index (χ3n) is 4.13. The van der Waals surface area contributed by atoms with Crippen molar-refractivity contribution in [1.82, 2.24) is 14.9 Å². The molecule has 1 aliphatic heterocycles. The molecule has 0 spiro atoms. The van der Waals surface area contributed by atoms with Gasteiger partial charge in [0.1, 0.15) is 0 Å². The van der Waals surface area contributed by atoms with Gasteiger partial charge in [-0.05, 0) is 38.0 Å². The highest BCUT2D eigenvalue weighted by Crippen LogP contribution is 2.29. The summed E-state index contributed by atoms with van der Waals surface area (Å²) >= 11 is 0. The topological polar surface area (TPSA) is 73.8 Å². The molecule has 0 unspecified atom stereocenters. The lowest BCUT2D eigenvalue weighted by Crippen LogP contribution is -2.51. The minimum atomic E-state index is -5.24. The maximum atomic E-state index is 12.6. The number of nitrogens with one attached hydrogen (secondary N) is 2. The Bertz CT molecular complexity index is 569. The molecule has 1 heterocycles. The smallest absolute Gasteiger partial charge is 0.357 e. The Morgan fingerprint density at radius 3 is 2.19 bits per heavy atom. The van der Waals surface area contributed by atoms with Gasteiger partial charge in [0.25, 0.3) is 0 Å². The summed E-state index contributed by atoms with van der Waals surface area (Å²) in [6, 6.07) is -0.102. The number of halogens is 4. The van der Waals surface area contributed by atoms with Crippen molar-refractivity contribution in [2.45, 2.75) is 64.9 Å². The highest BCUT2D eigenvalue weighted by molar-refractivity contribution is 14.0. The van der Waals surface area contributed by atoms with E-state index >= 15 is 0 Å². The molecular formula is C16H32F3IN4O2S. The molecule has 1 fully saturated rings. The van der Waals surface area contributed by atoms with Crippen molar-refractivity contribution in [2.24, 2.45) is 10.4 Å². The van der Waals surface area contributed by atoms with Gasteiger partial charge in [-0.2, -0.15) is 17.5 Å². The highest BCUT2D eigenvalue weighted by atomic mass is 127. The average Bonchev–Trinajstić information content (AvgIpc) is 2.50. The van der Waals surface area contributed by atoms with Crippen LogP contribution in [0.3, 0.4) is 0 Å². The summed E-state index contributed by atoms with van der Waals surface area (Å²) in [5.41, 5.74) is -4.99. The molecule has 6 nitrogen and oxygen atoms in total. The molecule has 11 heteroatoms.